The zero-order chi connectivity index (χ0) is 24.8. The highest BCUT2D eigenvalue weighted by molar-refractivity contribution is 8.06. The van der Waals surface area contributed by atoms with Crippen molar-refractivity contribution < 1.29 is 51.7 Å². The molecular formula is C19H31O11PS. The molecule has 0 aromatic carbocycles. The molecule has 1 aliphatic rings. The Morgan fingerprint density at radius 3 is 1.41 bits per heavy atom. The largest absolute Gasteiger partial charge is 0.457 e. The van der Waals surface area contributed by atoms with Gasteiger partial charge in [0.25, 0.3) is 0 Å². The molecule has 0 aromatic rings. The van der Waals surface area contributed by atoms with Gasteiger partial charge in [-0.05, 0) is 27.7 Å². The SMILES string of the molecule is CC(=O)O[C@H]1[C@@H](OC(C)=O)[C@H](OC(C)=O)S[C@H](P(=O)(OC(C)C)OC(C)C)[C@@H]1OC(C)=O. The maximum Gasteiger partial charge on any atom is 0.348 e. The third-order valence-corrected chi connectivity index (χ3v) is 8.35. The Kier molecular flexibility index (Phi) is 10.7. The first kappa shape index (κ1) is 28.4. The predicted molar refractivity (Wildman–Crippen MR) is 114 cm³/mol. The van der Waals surface area contributed by atoms with E-state index in [0.717, 1.165) is 39.5 Å². The van der Waals surface area contributed by atoms with Crippen LogP contribution < -0.4 is 0 Å². The van der Waals surface area contributed by atoms with Crippen LogP contribution in [0.4, 0.5) is 0 Å². The van der Waals surface area contributed by atoms with Crippen LogP contribution >= 0.6 is 19.4 Å². The van der Waals surface area contributed by atoms with Crippen LogP contribution in [0.5, 0.6) is 0 Å². The molecule has 13 heteroatoms. The number of thioether (sulfide) groups is 1. The molecule has 0 saturated carbocycles. The topological polar surface area (TPSA) is 141 Å². The highest BCUT2D eigenvalue weighted by Crippen LogP contribution is 2.63. The van der Waals surface area contributed by atoms with Gasteiger partial charge in [-0.15, -0.1) is 0 Å². The fourth-order valence-electron chi connectivity index (χ4n) is 3.00. The lowest BCUT2D eigenvalue weighted by Gasteiger charge is -2.45. The normalized spacial score (nSPS) is 25.9. The fraction of sp³-hybridized carbons (Fsp3) is 0.789. The second-order valence-corrected chi connectivity index (χ2v) is 11.2. The lowest BCUT2D eigenvalue weighted by molar-refractivity contribution is -0.193. The summed E-state index contributed by atoms with van der Waals surface area (Å²) in [6.45, 7) is 11.0. The van der Waals surface area contributed by atoms with Crippen molar-refractivity contribution in [2.24, 2.45) is 0 Å². The number of esters is 4. The summed E-state index contributed by atoms with van der Waals surface area (Å²) in [6.07, 6.45) is -5.30. The lowest BCUT2D eigenvalue weighted by Crippen LogP contribution is -2.58. The zero-order valence-electron chi connectivity index (χ0n) is 19.4. The van der Waals surface area contributed by atoms with E-state index >= 15 is 0 Å². The fourth-order valence-corrected chi connectivity index (χ4v) is 7.50. The van der Waals surface area contributed by atoms with Crippen LogP contribution in [0.15, 0.2) is 0 Å². The molecule has 1 saturated heterocycles. The molecule has 0 aliphatic carbocycles. The van der Waals surface area contributed by atoms with E-state index in [-0.39, 0.29) is 0 Å². The van der Waals surface area contributed by atoms with Crippen LogP contribution in [-0.4, -0.2) is 64.8 Å². The maximum absolute atomic E-state index is 13.9. The van der Waals surface area contributed by atoms with E-state index in [2.05, 4.69) is 0 Å². The van der Waals surface area contributed by atoms with Crippen molar-refractivity contribution in [3.05, 3.63) is 0 Å². The second kappa shape index (κ2) is 12.0. The maximum atomic E-state index is 13.9. The Balaban J connectivity index is 3.66. The van der Waals surface area contributed by atoms with Gasteiger partial charge in [0.15, 0.2) is 28.7 Å². The predicted octanol–water partition coefficient (Wildman–Crippen LogP) is 2.79. The first-order chi connectivity index (χ1) is 14.7. The van der Waals surface area contributed by atoms with Crippen molar-refractivity contribution in [1.82, 2.24) is 0 Å². The molecule has 1 rings (SSSR count). The van der Waals surface area contributed by atoms with E-state index in [1.165, 1.54) is 0 Å². The molecule has 0 bridgehead atoms. The Morgan fingerprint density at radius 1 is 0.656 bits per heavy atom. The van der Waals surface area contributed by atoms with Crippen LogP contribution in [0, 0.1) is 0 Å². The number of hydrogen-bond donors (Lipinski definition) is 0. The molecule has 32 heavy (non-hydrogen) atoms. The minimum absolute atomic E-state index is 0.552. The first-order valence-corrected chi connectivity index (χ1v) is 12.5. The van der Waals surface area contributed by atoms with Gasteiger partial charge in [-0.2, -0.15) is 0 Å². The molecule has 0 unspecified atom stereocenters. The van der Waals surface area contributed by atoms with Crippen LogP contribution in [0.2, 0.25) is 0 Å². The number of carbonyl (C=O) groups is 4. The second-order valence-electron chi connectivity index (χ2n) is 7.57. The number of carbonyl (C=O) groups excluding carboxylic acids is 4. The van der Waals surface area contributed by atoms with Crippen LogP contribution in [0.1, 0.15) is 55.4 Å². The molecule has 1 aliphatic heterocycles. The van der Waals surface area contributed by atoms with Gasteiger partial charge < -0.3 is 28.0 Å². The van der Waals surface area contributed by atoms with E-state index in [9.17, 15) is 23.7 Å². The van der Waals surface area contributed by atoms with Gasteiger partial charge in [-0.25, -0.2) is 0 Å². The van der Waals surface area contributed by atoms with E-state index in [4.69, 9.17) is 28.0 Å². The highest BCUT2D eigenvalue weighted by Gasteiger charge is 2.59. The molecule has 184 valence electrons. The summed E-state index contributed by atoms with van der Waals surface area (Å²) in [4.78, 5) is 46.0. The smallest absolute Gasteiger partial charge is 0.348 e. The van der Waals surface area contributed by atoms with Crippen molar-refractivity contribution in [3.63, 3.8) is 0 Å². The summed E-state index contributed by atoms with van der Waals surface area (Å²) >= 11 is 0.780. The average Bonchev–Trinajstić information content (AvgIpc) is 2.56. The number of rotatable bonds is 9. The summed E-state index contributed by atoms with van der Waals surface area (Å²) in [5.41, 5.74) is -1.25. The van der Waals surface area contributed by atoms with Crippen molar-refractivity contribution in [3.8, 4) is 0 Å². The standard InChI is InChI=1S/C19H31O11PS/c1-9(2)29-31(24,30-10(3)4)19-17(27-13(7)22)15(25-11(5)20)16(26-12(6)21)18(32-19)28-14(8)23/h9-10,15-19H,1-8H3/t15-,16+,17+,18+,19-/m0/s1. The molecule has 0 spiro atoms. The van der Waals surface area contributed by atoms with Crippen molar-refractivity contribution in [2.75, 3.05) is 0 Å². The third-order valence-electron chi connectivity index (χ3n) is 3.69. The average molecular weight is 498 g/mol. The van der Waals surface area contributed by atoms with Gasteiger partial charge in [0, 0.05) is 27.7 Å². The zero-order valence-corrected chi connectivity index (χ0v) is 21.1. The molecule has 0 N–H and O–H groups in total. The summed E-state index contributed by atoms with van der Waals surface area (Å²) in [5, 5.41) is 0. The summed E-state index contributed by atoms with van der Waals surface area (Å²) in [6, 6.07) is 0. The Bertz CT molecular complexity index is 740. The molecule has 1 fully saturated rings. The monoisotopic (exact) mass is 498 g/mol. The highest BCUT2D eigenvalue weighted by atomic mass is 32.2. The number of ether oxygens (including phenoxy) is 4. The Morgan fingerprint density at radius 2 is 1.03 bits per heavy atom. The van der Waals surface area contributed by atoms with Crippen molar-refractivity contribution in [1.29, 1.82) is 0 Å². The minimum Gasteiger partial charge on any atom is -0.457 e. The van der Waals surface area contributed by atoms with Gasteiger partial charge in [0.05, 0.1) is 12.2 Å². The van der Waals surface area contributed by atoms with Crippen molar-refractivity contribution >= 4 is 43.2 Å². The number of hydrogen-bond acceptors (Lipinski definition) is 12. The summed E-state index contributed by atoms with van der Waals surface area (Å²) in [7, 11) is -4.08. The van der Waals surface area contributed by atoms with Gasteiger partial charge >= 0.3 is 31.5 Å². The third kappa shape index (κ3) is 8.38. The first-order valence-electron chi connectivity index (χ1n) is 9.97. The van der Waals surface area contributed by atoms with Gasteiger partial charge in [-0.3, -0.25) is 23.7 Å². The van der Waals surface area contributed by atoms with E-state index in [1.807, 2.05) is 0 Å². The van der Waals surface area contributed by atoms with E-state index < -0.39 is 72.4 Å². The lowest BCUT2D eigenvalue weighted by atomic mass is 10.1. The molecule has 1 heterocycles. The molecule has 0 radical (unpaired) electrons. The quantitative estimate of drug-likeness (QED) is 0.262. The summed E-state index contributed by atoms with van der Waals surface area (Å²) < 4.78 is 46.5. The summed E-state index contributed by atoms with van der Waals surface area (Å²) in [5.74, 6) is -3.05. The molecule has 0 amide bonds. The van der Waals surface area contributed by atoms with E-state index in [0.29, 0.717) is 0 Å². The van der Waals surface area contributed by atoms with E-state index in [1.54, 1.807) is 27.7 Å². The van der Waals surface area contributed by atoms with Crippen LogP contribution in [0.25, 0.3) is 0 Å². The van der Waals surface area contributed by atoms with Crippen LogP contribution in [0.3, 0.4) is 0 Å². The van der Waals surface area contributed by atoms with Gasteiger partial charge in [0.2, 0.25) is 0 Å². The molecule has 5 atom stereocenters. The molecular weight excluding hydrogens is 467 g/mol. The molecule has 11 nitrogen and oxygen atoms in total. The Hall–Kier alpha value is -1.62. The van der Waals surface area contributed by atoms with Gasteiger partial charge in [0.1, 0.15) is 0 Å². The minimum atomic E-state index is -4.08. The van der Waals surface area contributed by atoms with Crippen molar-refractivity contribution in [2.45, 2.75) is 96.3 Å². The van der Waals surface area contributed by atoms with Crippen LogP contribution in [-0.2, 0) is 51.7 Å². The molecule has 0 aromatic heterocycles. The van der Waals surface area contributed by atoms with Gasteiger partial charge in [-0.1, -0.05) is 11.8 Å². The Labute approximate surface area is 191 Å².